The van der Waals surface area contributed by atoms with E-state index in [9.17, 15) is 0 Å². The molecule has 0 saturated heterocycles. The topological polar surface area (TPSA) is 45.3 Å². The average Bonchev–Trinajstić information content (AvgIpc) is 2.63. The fourth-order valence-electron chi connectivity index (χ4n) is 2.85. The molecule has 1 aromatic rings. The van der Waals surface area contributed by atoms with E-state index in [1.54, 1.807) is 0 Å². The molecule has 25 heavy (non-hydrogen) atoms. The smallest absolute Gasteiger partial charge is 0.0682 e. The van der Waals surface area contributed by atoms with Gasteiger partial charge < -0.3 is 15.5 Å². The molecule has 4 nitrogen and oxygen atoms in total. The molecule has 0 heterocycles. The Bertz CT molecular complexity index is 411. The van der Waals surface area contributed by atoms with Gasteiger partial charge in [-0.1, -0.05) is 71.1 Å². The molecule has 0 atom stereocenters. The van der Waals surface area contributed by atoms with Crippen LogP contribution in [0.1, 0.15) is 76.0 Å². The molecular weight excluding hydrogens is 310 g/mol. The van der Waals surface area contributed by atoms with Gasteiger partial charge in [0, 0.05) is 19.6 Å². The lowest BCUT2D eigenvalue weighted by molar-refractivity contribution is 0.0340. The number of nitrogens with one attached hydrogen (secondary N) is 3. The van der Waals surface area contributed by atoms with Gasteiger partial charge in [-0.25, -0.2) is 0 Å². The van der Waals surface area contributed by atoms with E-state index in [0.29, 0.717) is 0 Å². The fourth-order valence-corrected chi connectivity index (χ4v) is 2.85. The first-order valence-electron chi connectivity index (χ1n) is 10.2. The number of rotatable bonds is 16. The Morgan fingerprint density at radius 3 is 1.76 bits per heavy atom. The summed E-state index contributed by atoms with van der Waals surface area (Å²) >= 11 is 0. The summed E-state index contributed by atoms with van der Waals surface area (Å²) in [5, 5.41) is 6.82. The summed E-state index contributed by atoms with van der Waals surface area (Å²) in [5.74, 6) is 0. The maximum absolute atomic E-state index is 5.60. The Morgan fingerprint density at radius 1 is 0.680 bits per heavy atom. The van der Waals surface area contributed by atoms with Crippen molar-refractivity contribution < 1.29 is 4.84 Å². The highest BCUT2D eigenvalue weighted by Crippen LogP contribution is 2.11. The van der Waals surface area contributed by atoms with Crippen molar-refractivity contribution in [3.63, 3.8) is 0 Å². The van der Waals surface area contributed by atoms with E-state index < -0.39 is 0 Å². The van der Waals surface area contributed by atoms with Gasteiger partial charge in [0.1, 0.15) is 0 Å². The number of unbranched alkanes of at least 4 members (excludes halogenated alkanes) is 5. The molecule has 0 aromatic heterocycles. The Kier molecular flexibility index (Phi) is 13.5. The second-order valence-corrected chi connectivity index (χ2v) is 6.66. The first-order chi connectivity index (χ1) is 12.3. The molecule has 0 bridgehead atoms. The highest BCUT2D eigenvalue weighted by atomic mass is 16.6. The molecule has 0 aliphatic carbocycles. The molecule has 0 unspecified atom stereocenters. The van der Waals surface area contributed by atoms with Gasteiger partial charge in [0.15, 0.2) is 0 Å². The van der Waals surface area contributed by atoms with Gasteiger partial charge in [0.2, 0.25) is 0 Å². The van der Waals surface area contributed by atoms with E-state index in [4.69, 9.17) is 4.84 Å². The van der Waals surface area contributed by atoms with Crippen LogP contribution < -0.4 is 16.1 Å². The predicted octanol–water partition coefficient (Wildman–Crippen LogP) is 4.29. The lowest BCUT2D eigenvalue weighted by atomic mass is 10.1. The van der Waals surface area contributed by atoms with Gasteiger partial charge in [0.25, 0.3) is 0 Å². The van der Waals surface area contributed by atoms with Crippen LogP contribution in [-0.4, -0.2) is 19.7 Å². The molecule has 0 spiro atoms. The number of benzene rings is 1. The van der Waals surface area contributed by atoms with Crippen LogP contribution in [0.3, 0.4) is 0 Å². The maximum atomic E-state index is 5.60. The van der Waals surface area contributed by atoms with Crippen LogP contribution >= 0.6 is 0 Å². The molecule has 0 fully saturated rings. The zero-order valence-electron chi connectivity index (χ0n) is 16.6. The van der Waals surface area contributed by atoms with Gasteiger partial charge >= 0.3 is 0 Å². The van der Waals surface area contributed by atoms with Crippen molar-refractivity contribution in [3.05, 3.63) is 34.9 Å². The molecule has 0 aliphatic rings. The van der Waals surface area contributed by atoms with E-state index >= 15 is 0 Å². The summed E-state index contributed by atoms with van der Waals surface area (Å²) in [5.41, 5.74) is 7.09. The van der Waals surface area contributed by atoms with Crippen molar-refractivity contribution >= 4 is 0 Å². The zero-order valence-corrected chi connectivity index (χ0v) is 16.6. The minimum absolute atomic E-state index is 0.759. The first-order valence-corrected chi connectivity index (χ1v) is 10.2. The molecule has 0 aliphatic heterocycles. The lowest BCUT2D eigenvalue weighted by Crippen LogP contribution is -2.17. The van der Waals surface area contributed by atoms with E-state index in [1.165, 1.54) is 48.8 Å². The summed E-state index contributed by atoms with van der Waals surface area (Å²) in [7, 11) is 0. The van der Waals surface area contributed by atoms with E-state index in [2.05, 4.69) is 55.1 Å². The highest BCUT2D eigenvalue weighted by molar-refractivity contribution is 5.30. The molecular formula is C21H39N3O. The summed E-state index contributed by atoms with van der Waals surface area (Å²) < 4.78 is 0. The van der Waals surface area contributed by atoms with E-state index in [-0.39, 0.29) is 0 Å². The van der Waals surface area contributed by atoms with Gasteiger partial charge in [-0.05, 0) is 36.2 Å². The van der Waals surface area contributed by atoms with Crippen LogP contribution in [0.4, 0.5) is 0 Å². The molecule has 1 aromatic carbocycles. The van der Waals surface area contributed by atoms with Crippen LogP contribution in [0.5, 0.6) is 0 Å². The third-order valence-electron chi connectivity index (χ3n) is 4.25. The standard InChI is InChI=1S/C21H39N3O/c1-4-7-8-9-10-11-12-25-24-18-21-14-19(16-22-5-2)13-20(15-21)17-23-6-3/h13-15,22-24H,4-12,16-18H2,1-3H3. The second-order valence-electron chi connectivity index (χ2n) is 6.66. The molecule has 4 heteroatoms. The number of hydrogen-bond acceptors (Lipinski definition) is 4. The Labute approximate surface area is 155 Å². The van der Waals surface area contributed by atoms with E-state index in [0.717, 1.165) is 45.8 Å². The number of hydroxylamine groups is 1. The van der Waals surface area contributed by atoms with Gasteiger partial charge in [0.05, 0.1) is 6.61 Å². The highest BCUT2D eigenvalue weighted by Gasteiger charge is 2.02. The quantitative estimate of drug-likeness (QED) is 0.308. The zero-order chi connectivity index (χ0) is 18.2. The second kappa shape index (κ2) is 15.3. The molecule has 144 valence electrons. The van der Waals surface area contributed by atoms with Crippen molar-refractivity contribution in [1.29, 1.82) is 0 Å². The minimum Gasteiger partial charge on any atom is -0.313 e. The SMILES string of the molecule is CCCCCCCCONCc1cc(CNCC)cc(CNCC)c1. The average molecular weight is 350 g/mol. The molecule has 0 radical (unpaired) electrons. The molecule has 3 N–H and O–H groups in total. The van der Waals surface area contributed by atoms with Gasteiger partial charge in [-0.15, -0.1) is 0 Å². The van der Waals surface area contributed by atoms with E-state index in [1.807, 2.05) is 0 Å². The van der Waals surface area contributed by atoms with Gasteiger partial charge in [-0.3, -0.25) is 0 Å². The van der Waals surface area contributed by atoms with Gasteiger partial charge in [-0.2, -0.15) is 5.48 Å². The largest absolute Gasteiger partial charge is 0.313 e. The maximum Gasteiger partial charge on any atom is 0.0682 e. The summed E-state index contributed by atoms with van der Waals surface area (Å²) in [4.78, 5) is 5.60. The summed E-state index contributed by atoms with van der Waals surface area (Å²) in [6.45, 7) is 11.9. The Balaban J connectivity index is 2.32. The minimum atomic E-state index is 0.759. The van der Waals surface area contributed by atoms with Crippen molar-refractivity contribution in [1.82, 2.24) is 16.1 Å². The monoisotopic (exact) mass is 349 g/mol. The van der Waals surface area contributed by atoms with Crippen molar-refractivity contribution in [3.8, 4) is 0 Å². The Morgan fingerprint density at radius 2 is 1.20 bits per heavy atom. The van der Waals surface area contributed by atoms with Crippen molar-refractivity contribution in [2.45, 2.75) is 78.9 Å². The van der Waals surface area contributed by atoms with Crippen LogP contribution in [0.15, 0.2) is 18.2 Å². The lowest BCUT2D eigenvalue weighted by Gasteiger charge is -2.12. The molecule has 0 amide bonds. The van der Waals surface area contributed by atoms with Crippen molar-refractivity contribution in [2.75, 3.05) is 19.7 Å². The fraction of sp³-hybridized carbons (Fsp3) is 0.714. The van der Waals surface area contributed by atoms with Crippen molar-refractivity contribution in [2.24, 2.45) is 0 Å². The predicted molar refractivity (Wildman–Crippen MR) is 107 cm³/mol. The third kappa shape index (κ3) is 11.3. The first kappa shape index (κ1) is 22.1. The van der Waals surface area contributed by atoms with Crippen LogP contribution in [0.25, 0.3) is 0 Å². The molecule has 1 rings (SSSR count). The van der Waals surface area contributed by atoms with Crippen LogP contribution in [0.2, 0.25) is 0 Å². The third-order valence-corrected chi connectivity index (χ3v) is 4.25. The summed E-state index contributed by atoms with van der Waals surface area (Å²) in [6.07, 6.45) is 7.77. The van der Waals surface area contributed by atoms with Crippen LogP contribution in [0, 0.1) is 0 Å². The normalized spacial score (nSPS) is 11.2. The Hall–Kier alpha value is -0.940. The number of hydrogen-bond donors (Lipinski definition) is 3. The van der Waals surface area contributed by atoms with Crippen LogP contribution in [-0.2, 0) is 24.5 Å². The summed E-state index contributed by atoms with van der Waals surface area (Å²) in [6, 6.07) is 6.81. The molecule has 0 saturated carbocycles.